The maximum atomic E-state index is 13.6. The number of nitrogens with zero attached hydrogens (tertiary/aromatic N) is 4. The van der Waals surface area contributed by atoms with Gasteiger partial charge in [0.15, 0.2) is 0 Å². The highest BCUT2D eigenvalue weighted by Gasteiger charge is 2.32. The largest absolute Gasteiger partial charge is 0.416 e. The van der Waals surface area contributed by atoms with E-state index in [-0.39, 0.29) is 0 Å². The van der Waals surface area contributed by atoms with E-state index < -0.39 is 11.7 Å². The van der Waals surface area contributed by atoms with Crippen molar-refractivity contribution in [3.05, 3.63) is 106 Å². The quantitative estimate of drug-likeness (QED) is 0.382. The zero-order valence-electron chi connectivity index (χ0n) is 23.2. The van der Waals surface area contributed by atoms with E-state index in [1.807, 2.05) is 25.1 Å². The second-order valence-corrected chi connectivity index (χ2v) is 11.1. The van der Waals surface area contributed by atoms with Crippen LogP contribution in [0.4, 0.5) is 18.9 Å². The minimum absolute atomic E-state index is 0.369. The van der Waals surface area contributed by atoms with E-state index in [9.17, 15) is 13.2 Å². The van der Waals surface area contributed by atoms with Crippen LogP contribution in [0.25, 0.3) is 0 Å². The highest BCUT2D eigenvalue weighted by Crippen LogP contribution is 2.42. The molecule has 0 amide bonds. The molecule has 0 unspecified atom stereocenters. The number of hydrogen-bond donors (Lipinski definition) is 2. The lowest BCUT2D eigenvalue weighted by atomic mass is 10.0. The van der Waals surface area contributed by atoms with Crippen LogP contribution in [0.3, 0.4) is 0 Å². The molecule has 0 aromatic heterocycles. The Bertz CT molecular complexity index is 1370. The van der Waals surface area contributed by atoms with Crippen molar-refractivity contribution in [3.8, 4) is 6.07 Å². The third-order valence-electron chi connectivity index (χ3n) is 7.19. The van der Waals surface area contributed by atoms with E-state index in [2.05, 4.69) is 34.3 Å². The van der Waals surface area contributed by atoms with Crippen molar-refractivity contribution in [2.24, 2.45) is 5.73 Å². The van der Waals surface area contributed by atoms with Gasteiger partial charge in [-0.15, -0.1) is 0 Å². The first-order valence-electron chi connectivity index (χ1n) is 13.5. The summed E-state index contributed by atoms with van der Waals surface area (Å²) in [7, 11) is 0. The fourth-order valence-corrected chi connectivity index (χ4v) is 5.83. The molecular formula is C31H35F3N6S. The SMILES string of the molecule is C=C(NCCN1CCN(CCN)CC1)C1=CC(Sc2ccc(C#N)cc2)=C(C)N(c2cccc(C(F)(F)F)c2)C1=C. The fraction of sp³-hybridized carbons (Fsp3) is 0.323. The van der Waals surface area contributed by atoms with E-state index >= 15 is 0 Å². The number of piperazine rings is 1. The summed E-state index contributed by atoms with van der Waals surface area (Å²) in [4.78, 5) is 8.25. The summed E-state index contributed by atoms with van der Waals surface area (Å²) in [5, 5.41) is 12.6. The van der Waals surface area contributed by atoms with Crippen molar-refractivity contribution in [2.75, 3.05) is 57.3 Å². The Morgan fingerprint density at radius 3 is 2.34 bits per heavy atom. The van der Waals surface area contributed by atoms with Crippen molar-refractivity contribution in [3.63, 3.8) is 0 Å². The average molecular weight is 581 g/mol. The summed E-state index contributed by atoms with van der Waals surface area (Å²) in [5.41, 5.74) is 8.53. The van der Waals surface area contributed by atoms with Gasteiger partial charge in [0.05, 0.1) is 17.2 Å². The van der Waals surface area contributed by atoms with Gasteiger partial charge in [-0.25, -0.2) is 0 Å². The van der Waals surface area contributed by atoms with Crippen LogP contribution in [0.15, 0.2) is 100 Å². The fourth-order valence-electron chi connectivity index (χ4n) is 4.89. The number of halogens is 3. The predicted octanol–water partition coefficient (Wildman–Crippen LogP) is 5.54. The molecule has 0 atom stereocenters. The monoisotopic (exact) mass is 580 g/mol. The van der Waals surface area contributed by atoms with Crippen LogP contribution in [0, 0.1) is 11.3 Å². The van der Waals surface area contributed by atoms with Crippen molar-refractivity contribution >= 4 is 17.4 Å². The molecular weight excluding hydrogens is 545 g/mol. The molecule has 1 saturated heterocycles. The van der Waals surface area contributed by atoms with E-state index in [1.54, 1.807) is 23.1 Å². The van der Waals surface area contributed by atoms with Gasteiger partial charge in [0, 0.05) is 90.5 Å². The molecule has 0 saturated carbocycles. The number of nitriles is 1. The molecule has 2 aromatic rings. The van der Waals surface area contributed by atoms with Gasteiger partial charge in [0.25, 0.3) is 0 Å². The van der Waals surface area contributed by atoms with Gasteiger partial charge in [-0.3, -0.25) is 9.80 Å². The average Bonchev–Trinajstić information content (AvgIpc) is 2.95. The predicted molar refractivity (Wildman–Crippen MR) is 160 cm³/mol. The van der Waals surface area contributed by atoms with Crippen LogP contribution in [0.2, 0.25) is 0 Å². The standard InChI is InChI=1S/C31H35F3N6S/c1-22(37-12-14-39-17-15-38(13-11-35)16-18-39)29-20-30(41-28-9-7-25(21-36)8-10-28)24(3)40(23(29)2)27-6-4-5-26(19-27)31(32,33)34/h4-10,19-20,37H,1-2,11-18,35H2,3H3. The molecule has 41 heavy (non-hydrogen) atoms. The number of nitrogens with two attached hydrogens (primary N) is 1. The Labute approximate surface area is 244 Å². The Kier molecular flexibility index (Phi) is 9.99. The van der Waals surface area contributed by atoms with Crippen LogP contribution >= 0.6 is 11.8 Å². The van der Waals surface area contributed by atoms with Gasteiger partial charge in [0.2, 0.25) is 0 Å². The number of thioether (sulfide) groups is 1. The summed E-state index contributed by atoms with van der Waals surface area (Å²) in [6.07, 6.45) is -2.49. The van der Waals surface area contributed by atoms with E-state index in [0.29, 0.717) is 35.7 Å². The van der Waals surface area contributed by atoms with Crippen molar-refractivity contribution in [1.29, 1.82) is 5.26 Å². The molecule has 0 spiro atoms. The number of anilines is 1. The van der Waals surface area contributed by atoms with Gasteiger partial charge in [-0.05, 0) is 55.5 Å². The van der Waals surface area contributed by atoms with Crippen LogP contribution in [-0.2, 0) is 6.18 Å². The van der Waals surface area contributed by atoms with E-state index in [1.165, 1.54) is 17.8 Å². The van der Waals surface area contributed by atoms with Gasteiger partial charge < -0.3 is 16.0 Å². The minimum Gasteiger partial charge on any atom is -0.384 e. The van der Waals surface area contributed by atoms with Crippen molar-refractivity contribution < 1.29 is 13.2 Å². The zero-order valence-corrected chi connectivity index (χ0v) is 24.0. The molecule has 216 valence electrons. The smallest absolute Gasteiger partial charge is 0.384 e. The van der Waals surface area contributed by atoms with Crippen molar-refractivity contribution in [2.45, 2.75) is 18.0 Å². The maximum Gasteiger partial charge on any atom is 0.416 e. The number of alkyl halides is 3. The first-order chi connectivity index (χ1) is 19.6. The number of nitrogens with one attached hydrogen (secondary N) is 1. The lowest BCUT2D eigenvalue weighted by molar-refractivity contribution is -0.137. The summed E-state index contributed by atoms with van der Waals surface area (Å²) in [6.45, 7) is 17.4. The van der Waals surface area contributed by atoms with Crippen molar-refractivity contribution in [1.82, 2.24) is 15.1 Å². The molecule has 2 aliphatic heterocycles. The van der Waals surface area contributed by atoms with Crippen LogP contribution in [0.1, 0.15) is 18.1 Å². The second-order valence-electron chi connectivity index (χ2n) is 9.95. The van der Waals surface area contributed by atoms with Gasteiger partial charge in [0.1, 0.15) is 0 Å². The van der Waals surface area contributed by atoms with Gasteiger partial charge >= 0.3 is 6.18 Å². The summed E-state index contributed by atoms with van der Waals surface area (Å²) in [5.74, 6) is 0. The normalized spacial score (nSPS) is 16.9. The number of benzene rings is 2. The second kappa shape index (κ2) is 13.4. The Morgan fingerprint density at radius 2 is 1.73 bits per heavy atom. The van der Waals surface area contributed by atoms with E-state index in [0.717, 1.165) is 72.5 Å². The first kappa shape index (κ1) is 30.5. The summed E-state index contributed by atoms with van der Waals surface area (Å²) in [6, 6.07) is 14.6. The maximum absolute atomic E-state index is 13.6. The molecule has 2 aromatic carbocycles. The third kappa shape index (κ3) is 7.63. The lowest BCUT2D eigenvalue weighted by Gasteiger charge is -2.36. The third-order valence-corrected chi connectivity index (χ3v) is 8.33. The van der Waals surface area contributed by atoms with Crippen LogP contribution in [-0.4, -0.2) is 62.2 Å². The molecule has 0 bridgehead atoms. The number of allylic oxidation sites excluding steroid dienone is 2. The zero-order chi connectivity index (χ0) is 29.6. The number of rotatable bonds is 10. The lowest BCUT2D eigenvalue weighted by Crippen LogP contribution is -2.49. The molecule has 6 nitrogen and oxygen atoms in total. The minimum atomic E-state index is -4.47. The highest BCUT2D eigenvalue weighted by molar-refractivity contribution is 8.03. The highest BCUT2D eigenvalue weighted by atomic mass is 32.2. The first-order valence-corrected chi connectivity index (χ1v) is 14.3. The molecule has 2 aliphatic rings. The Balaban J connectivity index is 1.56. The molecule has 10 heteroatoms. The molecule has 0 radical (unpaired) electrons. The Hall–Kier alpha value is -3.49. The van der Waals surface area contributed by atoms with Gasteiger partial charge in [-0.2, -0.15) is 18.4 Å². The summed E-state index contributed by atoms with van der Waals surface area (Å²) >= 11 is 1.47. The van der Waals surface area contributed by atoms with Crippen LogP contribution < -0.4 is 16.0 Å². The topological polar surface area (TPSA) is 71.6 Å². The molecule has 1 fully saturated rings. The molecule has 2 heterocycles. The molecule has 4 rings (SSSR count). The molecule has 3 N–H and O–H groups in total. The number of hydrogen-bond acceptors (Lipinski definition) is 7. The Morgan fingerprint density at radius 1 is 1.07 bits per heavy atom. The molecule has 0 aliphatic carbocycles. The van der Waals surface area contributed by atoms with Crippen LogP contribution in [0.5, 0.6) is 0 Å². The van der Waals surface area contributed by atoms with Gasteiger partial charge in [-0.1, -0.05) is 31.0 Å². The van der Waals surface area contributed by atoms with E-state index in [4.69, 9.17) is 11.0 Å². The summed E-state index contributed by atoms with van der Waals surface area (Å²) < 4.78 is 40.8.